The molecule has 2 aromatic carbocycles. The van der Waals surface area contributed by atoms with Crippen LogP contribution >= 0.6 is 0 Å². The van der Waals surface area contributed by atoms with E-state index in [0.29, 0.717) is 0 Å². The minimum absolute atomic E-state index is 0.0183. The van der Waals surface area contributed by atoms with E-state index < -0.39 is 37.0 Å². The Hall–Kier alpha value is -1.80. The molecule has 0 saturated carbocycles. The van der Waals surface area contributed by atoms with Gasteiger partial charge in [0, 0.05) is 11.1 Å². The Morgan fingerprint density at radius 3 is 1.92 bits per heavy atom. The summed E-state index contributed by atoms with van der Waals surface area (Å²) in [6.45, 7) is 0.103. The van der Waals surface area contributed by atoms with E-state index in [4.69, 9.17) is 18.9 Å². The molecule has 2 bridgehead atoms. The molecule has 2 aliphatic rings. The van der Waals surface area contributed by atoms with E-state index in [-0.39, 0.29) is 13.2 Å². The molecule has 0 spiro atoms. The van der Waals surface area contributed by atoms with Gasteiger partial charge < -0.3 is 29.2 Å². The zero-order chi connectivity index (χ0) is 17.9. The van der Waals surface area contributed by atoms with Gasteiger partial charge in [0.1, 0.15) is 24.4 Å². The molecule has 0 aliphatic carbocycles. The van der Waals surface area contributed by atoms with E-state index in [2.05, 4.69) is 0 Å². The Balaban J connectivity index is 1.56. The number of hydrogen-bond acceptors (Lipinski definition) is 6. The van der Waals surface area contributed by atoms with Crippen molar-refractivity contribution in [2.45, 2.75) is 37.0 Å². The van der Waals surface area contributed by atoms with Crippen LogP contribution in [-0.4, -0.2) is 47.8 Å². The van der Waals surface area contributed by atoms with Crippen molar-refractivity contribution in [3.8, 4) is 0 Å². The molecule has 2 fully saturated rings. The highest BCUT2D eigenvalue weighted by atomic mass is 16.7. The molecule has 6 atom stereocenters. The average Bonchev–Trinajstić information content (AvgIpc) is 2.72. The normalized spacial score (nSPS) is 35.2. The summed E-state index contributed by atoms with van der Waals surface area (Å²) in [6.07, 6.45) is -4.80. The summed E-state index contributed by atoms with van der Waals surface area (Å²) in [4.78, 5) is 0. The molecule has 0 amide bonds. The molecule has 4 rings (SSSR count). The number of aliphatic hydroxyl groups is 2. The topological polar surface area (TPSA) is 77.4 Å². The van der Waals surface area contributed by atoms with Crippen LogP contribution in [0, 0.1) is 0 Å². The SMILES string of the molecule is O[C@@H]1[C@H]2OC(c3ccccc3)O[C@@H]1COC(c1ccccc1)OC[C@@H]2O. The number of ether oxygens (including phenoxy) is 4. The van der Waals surface area contributed by atoms with Crippen LogP contribution in [-0.2, 0) is 18.9 Å². The second-order valence-electron chi connectivity index (χ2n) is 6.49. The van der Waals surface area contributed by atoms with Crippen molar-refractivity contribution in [1.29, 1.82) is 0 Å². The Morgan fingerprint density at radius 1 is 0.692 bits per heavy atom. The van der Waals surface area contributed by atoms with Gasteiger partial charge in [0.15, 0.2) is 12.6 Å². The lowest BCUT2D eigenvalue weighted by Crippen LogP contribution is -2.54. The zero-order valence-electron chi connectivity index (χ0n) is 14.2. The Morgan fingerprint density at radius 2 is 1.27 bits per heavy atom. The largest absolute Gasteiger partial charge is 0.388 e. The molecule has 26 heavy (non-hydrogen) atoms. The van der Waals surface area contributed by atoms with Crippen LogP contribution < -0.4 is 0 Å². The maximum absolute atomic E-state index is 10.6. The van der Waals surface area contributed by atoms with Gasteiger partial charge >= 0.3 is 0 Å². The third-order valence-corrected chi connectivity index (χ3v) is 4.65. The molecule has 2 heterocycles. The molecule has 2 aliphatic heterocycles. The van der Waals surface area contributed by atoms with Crippen LogP contribution in [0.2, 0.25) is 0 Å². The highest BCUT2D eigenvalue weighted by Crippen LogP contribution is 2.34. The fourth-order valence-electron chi connectivity index (χ4n) is 3.24. The van der Waals surface area contributed by atoms with Crippen molar-refractivity contribution in [3.05, 3.63) is 71.8 Å². The van der Waals surface area contributed by atoms with Gasteiger partial charge in [0.05, 0.1) is 13.2 Å². The van der Waals surface area contributed by atoms with E-state index >= 15 is 0 Å². The standard InChI is InChI=1S/C20H22O6/c21-15-11-23-19(13-7-3-1-4-8-13)24-12-16-17(22)18(15)26-20(25-16)14-9-5-2-6-10-14/h1-10,15-22H,11-12H2/t15-,16+,17-,18-,19?,20?/m0/s1. The van der Waals surface area contributed by atoms with Gasteiger partial charge in [-0.15, -0.1) is 0 Å². The molecule has 2 unspecified atom stereocenters. The quantitative estimate of drug-likeness (QED) is 0.854. The third-order valence-electron chi connectivity index (χ3n) is 4.65. The summed E-state index contributed by atoms with van der Waals surface area (Å²) in [5.74, 6) is 0. The first kappa shape index (κ1) is 17.6. The van der Waals surface area contributed by atoms with E-state index in [1.165, 1.54) is 0 Å². The minimum Gasteiger partial charge on any atom is -0.388 e. The first-order valence-corrected chi connectivity index (χ1v) is 8.72. The number of hydrogen-bond donors (Lipinski definition) is 2. The van der Waals surface area contributed by atoms with Gasteiger partial charge in [-0.05, 0) is 0 Å². The third kappa shape index (κ3) is 3.66. The molecule has 0 radical (unpaired) electrons. The van der Waals surface area contributed by atoms with Crippen molar-refractivity contribution < 1.29 is 29.2 Å². The molecule has 2 saturated heterocycles. The summed E-state index contributed by atoms with van der Waals surface area (Å²) < 4.78 is 23.4. The van der Waals surface area contributed by atoms with E-state index in [0.717, 1.165) is 11.1 Å². The van der Waals surface area contributed by atoms with Crippen molar-refractivity contribution in [1.82, 2.24) is 0 Å². The fourth-order valence-corrected chi connectivity index (χ4v) is 3.24. The van der Waals surface area contributed by atoms with Crippen LogP contribution in [0.25, 0.3) is 0 Å². The molecule has 0 aromatic heterocycles. The van der Waals surface area contributed by atoms with Gasteiger partial charge in [0.25, 0.3) is 0 Å². The summed E-state index contributed by atoms with van der Waals surface area (Å²) in [6, 6.07) is 18.9. The number of aliphatic hydroxyl groups excluding tert-OH is 2. The smallest absolute Gasteiger partial charge is 0.184 e. The minimum atomic E-state index is -1.01. The van der Waals surface area contributed by atoms with Crippen LogP contribution in [0.15, 0.2) is 60.7 Å². The van der Waals surface area contributed by atoms with Gasteiger partial charge in [0.2, 0.25) is 0 Å². The maximum Gasteiger partial charge on any atom is 0.184 e. The zero-order valence-corrected chi connectivity index (χ0v) is 14.2. The van der Waals surface area contributed by atoms with Crippen LogP contribution in [0.4, 0.5) is 0 Å². The summed E-state index contributed by atoms with van der Waals surface area (Å²) in [5, 5.41) is 21.1. The van der Waals surface area contributed by atoms with E-state index in [9.17, 15) is 10.2 Å². The molecule has 6 heteroatoms. The molecular formula is C20H22O6. The Bertz CT molecular complexity index is 694. The predicted molar refractivity (Wildman–Crippen MR) is 92.0 cm³/mol. The predicted octanol–water partition coefficient (Wildman–Crippen LogP) is 1.94. The maximum atomic E-state index is 10.6. The molecular weight excluding hydrogens is 336 g/mol. The Kier molecular flexibility index (Phi) is 5.31. The second-order valence-corrected chi connectivity index (χ2v) is 6.49. The monoisotopic (exact) mass is 358 g/mol. The van der Waals surface area contributed by atoms with Crippen molar-refractivity contribution in [3.63, 3.8) is 0 Å². The van der Waals surface area contributed by atoms with Gasteiger partial charge in [-0.1, -0.05) is 60.7 Å². The van der Waals surface area contributed by atoms with Crippen molar-refractivity contribution in [2.24, 2.45) is 0 Å². The van der Waals surface area contributed by atoms with Gasteiger partial charge in [-0.25, -0.2) is 0 Å². The summed E-state index contributed by atoms with van der Waals surface area (Å²) in [7, 11) is 0. The number of benzene rings is 2. The summed E-state index contributed by atoms with van der Waals surface area (Å²) in [5.41, 5.74) is 1.66. The highest BCUT2D eigenvalue weighted by Gasteiger charge is 2.44. The molecule has 138 valence electrons. The number of fused-ring (bicyclic) bond motifs is 2. The van der Waals surface area contributed by atoms with Crippen LogP contribution in [0.3, 0.4) is 0 Å². The second kappa shape index (κ2) is 7.84. The van der Waals surface area contributed by atoms with Crippen molar-refractivity contribution >= 4 is 0 Å². The van der Waals surface area contributed by atoms with Crippen molar-refractivity contribution in [2.75, 3.05) is 13.2 Å². The lowest BCUT2D eigenvalue weighted by atomic mass is 10.0. The molecule has 2 aromatic rings. The fraction of sp³-hybridized carbons (Fsp3) is 0.400. The average molecular weight is 358 g/mol. The summed E-state index contributed by atoms with van der Waals surface area (Å²) >= 11 is 0. The first-order chi connectivity index (χ1) is 12.7. The Labute approximate surface area is 151 Å². The van der Waals surface area contributed by atoms with Gasteiger partial charge in [-0.2, -0.15) is 0 Å². The lowest BCUT2D eigenvalue weighted by molar-refractivity contribution is -0.308. The molecule has 2 N–H and O–H groups in total. The van der Waals surface area contributed by atoms with E-state index in [1.807, 2.05) is 60.7 Å². The van der Waals surface area contributed by atoms with Gasteiger partial charge in [-0.3, -0.25) is 0 Å². The first-order valence-electron chi connectivity index (χ1n) is 8.72. The highest BCUT2D eigenvalue weighted by molar-refractivity contribution is 5.17. The van der Waals surface area contributed by atoms with Crippen LogP contribution in [0.1, 0.15) is 23.7 Å². The number of rotatable bonds is 2. The van der Waals surface area contributed by atoms with Crippen LogP contribution in [0.5, 0.6) is 0 Å². The molecule has 6 nitrogen and oxygen atoms in total. The lowest BCUT2D eigenvalue weighted by Gasteiger charge is -2.40. The van der Waals surface area contributed by atoms with E-state index in [1.54, 1.807) is 0 Å².